The van der Waals surface area contributed by atoms with E-state index in [2.05, 4.69) is 38.5 Å². The van der Waals surface area contributed by atoms with Crippen molar-refractivity contribution in [1.29, 1.82) is 0 Å². The van der Waals surface area contributed by atoms with Crippen molar-refractivity contribution in [2.45, 2.75) is 13.1 Å². The summed E-state index contributed by atoms with van der Waals surface area (Å²) >= 11 is 0. The van der Waals surface area contributed by atoms with Gasteiger partial charge in [-0.05, 0) is 18.2 Å². The lowest BCUT2D eigenvalue weighted by Crippen LogP contribution is -2.38. The molecule has 0 bridgehead atoms. The van der Waals surface area contributed by atoms with E-state index in [1.54, 1.807) is 13.1 Å². The lowest BCUT2D eigenvalue weighted by atomic mass is 10.2. The summed E-state index contributed by atoms with van der Waals surface area (Å²) in [5, 5.41) is 3.40. The molecule has 2 rings (SSSR count). The second kappa shape index (κ2) is 10.8. The number of aryl methyl sites for hydroxylation is 1. The smallest absolute Gasteiger partial charge is 0.194 e. The van der Waals surface area contributed by atoms with Gasteiger partial charge in [-0.1, -0.05) is 30.9 Å². The number of rotatable bonds is 7. The third kappa shape index (κ3) is 6.12. The van der Waals surface area contributed by atoms with Gasteiger partial charge in [-0.15, -0.1) is 24.0 Å². The van der Waals surface area contributed by atoms with Crippen LogP contribution in [-0.2, 0) is 20.1 Å². The Bertz CT molecular complexity index is 696. The summed E-state index contributed by atoms with van der Waals surface area (Å²) in [7, 11) is 5.87. The van der Waals surface area contributed by atoms with Gasteiger partial charge in [0, 0.05) is 45.1 Å². The van der Waals surface area contributed by atoms with Gasteiger partial charge in [0.1, 0.15) is 12.4 Å². The normalized spacial score (nSPS) is 10.8. The van der Waals surface area contributed by atoms with E-state index in [-0.39, 0.29) is 24.0 Å². The minimum atomic E-state index is 0. The predicted molar refractivity (Wildman–Crippen MR) is 115 cm³/mol. The molecule has 0 atom stereocenters. The number of ether oxygens (including phenoxy) is 1. The molecule has 2 aromatic rings. The van der Waals surface area contributed by atoms with Gasteiger partial charge in [-0.25, -0.2) is 0 Å². The summed E-state index contributed by atoms with van der Waals surface area (Å²) in [6.07, 6.45) is 3.79. The van der Waals surface area contributed by atoms with E-state index in [1.165, 1.54) is 5.69 Å². The van der Waals surface area contributed by atoms with Crippen LogP contribution < -0.4 is 10.1 Å². The van der Waals surface area contributed by atoms with Crippen LogP contribution in [0.1, 0.15) is 11.3 Å². The van der Waals surface area contributed by atoms with Gasteiger partial charge >= 0.3 is 0 Å². The number of nitrogens with one attached hydrogen (secondary N) is 1. The van der Waals surface area contributed by atoms with Crippen molar-refractivity contribution in [3.05, 3.63) is 66.5 Å². The highest BCUT2D eigenvalue weighted by Gasteiger charge is 2.09. The van der Waals surface area contributed by atoms with Crippen molar-refractivity contribution in [3.8, 4) is 5.75 Å². The highest BCUT2D eigenvalue weighted by Crippen LogP contribution is 2.17. The molecule has 6 heteroatoms. The highest BCUT2D eigenvalue weighted by molar-refractivity contribution is 14.0. The Morgan fingerprint density at radius 3 is 2.72 bits per heavy atom. The largest absolute Gasteiger partial charge is 0.489 e. The maximum Gasteiger partial charge on any atom is 0.194 e. The minimum Gasteiger partial charge on any atom is -0.489 e. The quantitative estimate of drug-likeness (QED) is 0.302. The number of para-hydroxylation sites is 1. The number of aromatic nitrogens is 1. The van der Waals surface area contributed by atoms with Crippen LogP contribution in [0.5, 0.6) is 5.75 Å². The Balaban J connectivity index is 0.00000312. The predicted octanol–water partition coefficient (Wildman–Crippen LogP) is 3.42. The van der Waals surface area contributed by atoms with Gasteiger partial charge < -0.3 is 19.5 Å². The number of aliphatic imine (C=N–C) groups is 1. The molecule has 0 amide bonds. The standard InChI is InChI=1S/C19H26N4O.HI/c1-5-13-24-18-11-7-6-9-16(18)14-21-19(20-2)23(4)15-17-10-8-12-22(17)3;/h5-12H,1,13-15H2,2-4H3,(H,20,21);1H. The van der Waals surface area contributed by atoms with Crippen LogP contribution in [-0.4, -0.2) is 36.1 Å². The summed E-state index contributed by atoms with van der Waals surface area (Å²) in [4.78, 5) is 6.47. The molecule has 0 spiro atoms. The first kappa shape index (κ1) is 21.1. The molecule has 25 heavy (non-hydrogen) atoms. The molecule has 0 radical (unpaired) electrons. The zero-order chi connectivity index (χ0) is 17.4. The van der Waals surface area contributed by atoms with E-state index >= 15 is 0 Å². The Hall–Kier alpha value is -1.96. The van der Waals surface area contributed by atoms with Crippen LogP contribution in [0, 0.1) is 0 Å². The van der Waals surface area contributed by atoms with Crippen LogP contribution in [0.3, 0.4) is 0 Å². The number of guanidine groups is 1. The third-order valence-corrected chi connectivity index (χ3v) is 3.79. The monoisotopic (exact) mass is 454 g/mol. The Morgan fingerprint density at radius 1 is 1.32 bits per heavy atom. The summed E-state index contributed by atoms with van der Waals surface area (Å²) in [6, 6.07) is 12.2. The van der Waals surface area contributed by atoms with Gasteiger partial charge in [-0.2, -0.15) is 0 Å². The molecule has 1 heterocycles. The summed E-state index contributed by atoms with van der Waals surface area (Å²) < 4.78 is 7.81. The van der Waals surface area contributed by atoms with Gasteiger partial charge in [0.2, 0.25) is 0 Å². The average molecular weight is 454 g/mol. The van der Waals surface area contributed by atoms with E-state index < -0.39 is 0 Å². The van der Waals surface area contributed by atoms with Crippen LogP contribution in [0.25, 0.3) is 0 Å². The van der Waals surface area contributed by atoms with Crippen LogP contribution in [0.4, 0.5) is 0 Å². The van der Waals surface area contributed by atoms with E-state index in [1.807, 2.05) is 44.6 Å². The molecule has 0 saturated carbocycles. The molecule has 0 aliphatic heterocycles. The molecular weight excluding hydrogens is 427 g/mol. The van der Waals surface area contributed by atoms with Gasteiger partial charge in [0.25, 0.3) is 0 Å². The zero-order valence-electron chi connectivity index (χ0n) is 15.1. The van der Waals surface area contributed by atoms with Gasteiger partial charge in [-0.3, -0.25) is 4.99 Å². The molecule has 136 valence electrons. The van der Waals surface area contributed by atoms with E-state index in [0.717, 1.165) is 23.8 Å². The first-order valence-electron chi connectivity index (χ1n) is 7.99. The van der Waals surface area contributed by atoms with Crippen molar-refractivity contribution in [3.63, 3.8) is 0 Å². The fraction of sp³-hybridized carbons (Fsp3) is 0.316. The lowest BCUT2D eigenvalue weighted by molar-refractivity contribution is 0.358. The van der Waals surface area contributed by atoms with Crippen molar-refractivity contribution >= 4 is 29.9 Å². The molecular formula is C19H27IN4O. The van der Waals surface area contributed by atoms with Crippen molar-refractivity contribution in [2.24, 2.45) is 12.0 Å². The summed E-state index contributed by atoms with van der Waals surface area (Å²) in [5.41, 5.74) is 2.32. The molecule has 0 fully saturated rings. The molecule has 0 saturated heterocycles. The van der Waals surface area contributed by atoms with Crippen LogP contribution in [0.2, 0.25) is 0 Å². The van der Waals surface area contributed by atoms with Gasteiger partial charge in [0.15, 0.2) is 5.96 Å². The van der Waals surface area contributed by atoms with Gasteiger partial charge in [0.05, 0.1) is 6.54 Å². The number of benzene rings is 1. The third-order valence-electron chi connectivity index (χ3n) is 3.79. The lowest BCUT2D eigenvalue weighted by Gasteiger charge is -2.23. The SMILES string of the molecule is C=CCOc1ccccc1CNC(=NC)N(C)Cc1cccn1C.I. The summed E-state index contributed by atoms with van der Waals surface area (Å²) in [5.74, 6) is 1.71. The number of nitrogens with zero attached hydrogens (tertiary/aromatic N) is 3. The minimum absolute atomic E-state index is 0. The highest BCUT2D eigenvalue weighted by atomic mass is 127. The second-order valence-corrected chi connectivity index (χ2v) is 5.57. The fourth-order valence-electron chi connectivity index (χ4n) is 2.48. The first-order valence-corrected chi connectivity index (χ1v) is 7.99. The Morgan fingerprint density at radius 2 is 2.08 bits per heavy atom. The zero-order valence-corrected chi connectivity index (χ0v) is 17.4. The molecule has 0 unspecified atom stereocenters. The van der Waals surface area contributed by atoms with Crippen molar-refractivity contribution in [2.75, 3.05) is 20.7 Å². The fourth-order valence-corrected chi connectivity index (χ4v) is 2.48. The number of hydrogen-bond acceptors (Lipinski definition) is 2. The maximum absolute atomic E-state index is 5.70. The second-order valence-electron chi connectivity index (χ2n) is 5.57. The molecule has 1 aromatic carbocycles. The van der Waals surface area contributed by atoms with E-state index in [0.29, 0.717) is 13.2 Å². The first-order chi connectivity index (χ1) is 11.7. The maximum atomic E-state index is 5.70. The van der Waals surface area contributed by atoms with Crippen LogP contribution in [0.15, 0.2) is 60.2 Å². The molecule has 0 aliphatic rings. The summed E-state index contributed by atoms with van der Waals surface area (Å²) in [6.45, 7) is 5.63. The van der Waals surface area contributed by atoms with E-state index in [4.69, 9.17) is 4.74 Å². The Kier molecular flexibility index (Phi) is 9.12. The molecule has 5 nitrogen and oxygen atoms in total. The Labute approximate surface area is 167 Å². The van der Waals surface area contributed by atoms with Crippen molar-refractivity contribution in [1.82, 2.24) is 14.8 Å². The van der Waals surface area contributed by atoms with Crippen molar-refractivity contribution < 1.29 is 4.74 Å². The topological polar surface area (TPSA) is 41.8 Å². The number of hydrogen-bond donors (Lipinski definition) is 1. The molecule has 1 aromatic heterocycles. The van der Waals surface area contributed by atoms with Crippen LogP contribution >= 0.6 is 24.0 Å². The molecule has 1 N–H and O–H groups in total. The molecule has 0 aliphatic carbocycles. The van der Waals surface area contributed by atoms with E-state index in [9.17, 15) is 0 Å². The average Bonchev–Trinajstić information content (AvgIpc) is 2.99. The number of halogens is 1.